The van der Waals surface area contributed by atoms with Gasteiger partial charge >= 0.3 is 0 Å². The molecule has 3 aromatic rings. The van der Waals surface area contributed by atoms with Crippen molar-refractivity contribution in [2.24, 2.45) is 5.41 Å². The zero-order valence-electron chi connectivity index (χ0n) is 19.0. The van der Waals surface area contributed by atoms with E-state index in [2.05, 4.69) is 19.2 Å². The number of Topliss-reactive ketones (excluding diaryl/α,β-unsaturated/α-hetero) is 1. The van der Waals surface area contributed by atoms with Crippen LogP contribution in [0.3, 0.4) is 0 Å². The third-order valence-corrected chi connectivity index (χ3v) is 6.38. The van der Waals surface area contributed by atoms with Crippen molar-refractivity contribution >= 4 is 23.3 Å². The SMILES string of the molecule is COc1cccc(C2C3=C(CC(C)(C)CC3=O)Nc3nc(-c4cccc(Cl)c4)nn32)c1OC. The number of hydrogen-bond donors (Lipinski definition) is 1. The molecule has 33 heavy (non-hydrogen) atoms. The van der Waals surface area contributed by atoms with Crippen LogP contribution in [-0.4, -0.2) is 34.8 Å². The van der Waals surface area contributed by atoms with Gasteiger partial charge in [-0.05, 0) is 30.0 Å². The van der Waals surface area contributed by atoms with E-state index in [9.17, 15) is 4.79 Å². The highest BCUT2D eigenvalue weighted by Crippen LogP contribution is 2.48. The van der Waals surface area contributed by atoms with Gasteiger partial charge < -0.3 is 14.8 Å². The number of para-hydroxylation sites is 1. The van der Waals surface area contributed by atoms with E-state index in [0.29, 0.717) is 40.3 Å². The van der Waals surface area contributed by atoms with Crippen LogP contribution in [0.1, 0.15) is 38.3 Å². The third-order valence-electron chi connectivity index (χ3n) is 6.14. The van der Waals surface area contributed by atoms with Crippen LogP contribution in [0.4, 0.5) is 5.95 Å². The summed E-state index contributed by atoms with van der Waals surface area (Å²) in [6.45, 7) is 4.21. The van der Waals surface area contributed by atoms with Gasteiger partial charge in [0.15, 0.2) is 23.1 Å². The Balaban J connectivity index is 1.74. The summed E-state index contributed by atoms with van der Waals surface area (Å²) in [7, 11) is 3.20. The van der Waals surface area contributed by atoms with E-state index in [-0.39, 0.29) is 11.2 Å². The van der Waals surface area contributed by atoms with Gasteiger partial charge in [0.25, 0.3) is 0 Å². The average Bonchev–Trinajstić information content (AvgIpc) is 3.20. The normalized spacial score (nSPS) is 18.9. The fourth-order valence-electron chi connectivity index (χ4n) is 4.77. The third kappa shape index (κ3) is 3.66. The average molecular weight is 465 g/mol. The molecule has 0 fully saturated rings. The smallest absolute Gasteiger partial charge is 0.226 e. The molecule has 1 atom stereocenters. The number of rotatable bonds is 4. The molecule has 1 aliphatic carbocycles. The number of carbonyl (C=O) groups excluding carboxylic acids is 1. The zero-order valence-corrected chi connectivity index (χ0v) is 19.7. The summed E-state index contributed by atoms with van der Waals surface area (Å²) in [6, 6.07) is 12.6. The van der Waals surface area contributed by atoms with E-state index in [1.54, 1.807) is 18.9 Å². The standard InChI is InChI=1S/C25H25ClN4O3/c1-25(2)12-17-20(18(31)13-25)21(16-9-6-10-19(32-3)22(16)33-4)30-24(27-17)28-23(29-30)14-7-5-8-15(26)11-14/h5-11,21H,12-13H2,1-4H3,(H,27,28,29). The van der Waals surface area contributed by atoms with Crippen molar-refractivity contribution in [3.8, 4) is 22.9 Å². The number of fused-ring (bicyclic) bond motifs is 1. The maximum atomic E-state index is 13.5. The Labute approximate surface area is 197 Å². The minimum absolute atomic E-state index is 0.0917. The second-order valence-corrected chi connectivity index (χ2v) is 9.59. The predicted molar refractivity (Wildman–Crippen MR) is 127 cm³/mol. The lowest BCUT2D eigenvalue weighted by molar-refractivity contribution is -0.118. The number of nitrogens with one attached hydrogen (secondary N) is 1. The summed E-state index contributed by atoms with van der Waals surface area (Å²) in [6.07, 6.45) is 1.19. The van der Waals surface area contributed by atoms with Crippen LogP contribution in [0.2, 0.25) is 5.02 Å². The van der Waals surface area contributed by atoms with Crippen molar-refractivity contribution in [2.45, 2.75) is 32.7 Å². The first-order valence-corrected chi connectivity index (χ1v) is 11.2. The summed E-state index contributed by atoms with van der Waals surface area (Å²) >= 11 is 6.21. The van der Waals surface area contributed by atoms with Gasteiger partial charge in [0.1, 0.15) is 6.04 Å². The van der Waals surface area contributed by atoms with Crippen LogP contribution in [0.25, 0.3) is 11.4 Å². The molecule has 1 aliphatic heterocycles. The largest absolute Gasteiger partial charge is 0.493 e. The molecule has 170 valence electrons. The second kappa shape index (κ2) is 7.92. The molecule has 0 saturated heterocycles. The molecule has 0 saturated carbocycles. The molecule has 8 heteroatoms. The van der Waals surface area contributed by atoms with Crippen molar-refractivity contribution in [1.82, 2.24) is 14.8 Å². The maximum absolute atomic E-state index is 13.5. The minimum atomic E-state index is -0.495. The van der Waals surface area contributed by atoms with Crippen molar-refractivity contribution in [3.05, 3.63) is 64.3 Å². The number of carbonyl (C=O) groups is 1. The minimum Gasteiger partial charge on any atom is -0.493 e. The quantitative estimate of drug-likeness (QED) is 0.566. The molecule has 2 heterocycles. The lowest BCUT2D eigenvalue weighted by Crippen LogP contribution is -2.36. The van der Waals surface area contributed by atoms with Gasteiger partial charge in [0.2, 0.25) is 5.95 Å². The first-order chi connectivity index (χ1) is 15.8. The molecule has 0 bridgehead atoms. The number of anilines is 1. The Kier molecular flexibility index (Phi) is 5.16. The molecule has 0 spiro atoms. The van der Waals surface area contributed by atoms with Gasteiger partial charge in [0, 0.05) is 33.8 Å². The molecule has 1 N–H and O–H groups in total. The summed E-state index contributed by atoms with van der Waals surface area (Å²) in [5.74, 6) is 2.36. The van der Waals surface area contributed by atoms with E-state index in [1.807, 2.05) is 42.5 Å². The predicted octanol–water partition coefficient (Wildman–Crippen LogP) is 5.27. The lowest BCUT2D eigenvalue weighted by Gasteiger charge is -2.38. The molecule has 0 amide bonds. The highest BCUT2D eigenvalue weighted by Gasteiger charge is 2.43. The van der Waals surface area contributed by atoms with Crippen molar-refractivity contribution in [1.29, 1.82) is 0 Å². The molecule has 2 aliphatic rings. The van der Waals surface area contributed by atoms with Crippen molar-refractivity contribution in [3.63, 3.8) is 0 Å². The molecule has 2 aromatic carbocycles. The van der Waals surface area contributed by atoms with Crippen molar-refractivity contribution < 1.29 is 14.3 Å². The van der Waals surface area contributed by atoms with Crippen LogP contribution in [0, 0.1) is 5.41 Å². The van der Waals surface area contributed by atoms with Gasteiger partial charge in [-0.15, -0.1) is 5.10 Å². The molecule has 1 aromatic heterocycles. The Bertz CT molecular complexity index is 1290. The molecular weight excluding hydrogens is 440 g/mol. The molecule has 5 rings (SSSR count). The van der Waals surface area contributed by atoms with E-state index < -0.39 is 6.04 Å². The summed E-state index contributed by atoms with van der Waals surface area (Å²) in [5.41, 5.74) is 3.01. The van der Waals surface area contributed by atoms with Gasteiger partial charge in [-0.3, -0.25) is 4.79 Å². The number of ether oxygens (including phenoxy) is 2. The molecular formula is C25H25ClN4O3. The Morgan fingerprint density at radius 3 is 2.64 bits per heavy atom. The van der Waals surface area contributed by atoms with Crippen LogP contribution in [0.5, 0.6) is 11.5 Å². The Hall–Kier alpha value is -3.32. The topological polar surface area (TPSA) is 78.3 Å². The highest BCUT2D eigenvalue weighted by molar-refractivity contribution is 6.30. The number of methoxy groups -OCH3 is 2. The van der Waals surface area contributed by atoms with Gasteiger partial charge in [-0.2, -0.15) is 4.98 Å². The van der Waals surface area contributed by atoms with E-state index in [4.69, 9.17) is 31.2 Å². The highest BCUT2D eigenvalue weighted by atomic mass is 35.5. The Morgan fingerprint density at radius 2 is 1.91 bits per heavy atom. The number of benzene rings is 2. The van der Waals surface area contributed by atoms with E-state index in [1.165, 1.54) is 0 Å². The monoisotopic (exact) mass is 464 g/mol. The lowest BCUT2D eigenvalue weighted by atomic mass is 9.73. The van der Waals surface area contributed by atoms with E-state index in [0.717, 1.165) is 23.2 Å². The fraction of sp³-hybridized carbons (Fsp3) is 0.320. The zero-order chi connectivity index (χ0) is 23.3. The van der Waals surface area contributed by atoms with Gasteiger partial charge in [-0.1, -0.05) is 49.7 Å². The first kappa shape index (κ1) is 21.5. The first-order valence-electron chi connectivity index (χ1n) is 10.8. The number of allylic oxidation sites excluding steroid dienone is 2. The summed E-state index contributed by atoms with van der Waals surface area (Å²) in [4.78, 5) is 18.2. The van der Waals surface area contributed by atoms with Crippen LogP contribution >= 0.6 is 11.6 Å². The Morgan fingerprint density at radius 1 is 1.12 bits per heavy atom. The van der Waals surface area contributed by atoms with Crippen LogP contribution < -0.4 is 14.8 Å². The number of aromatic nitrogens is 3. The fourth-order valence-corrected chi connectivity index (χ4v) is 4.96. The summed E-state index contributed by atoms with van der Waals surface area (Å²) < 4.78 is 13.0. The van der Waals surface area contributed by atoms with Gasteiger partial charge in [0.05, 0.1) is 14.2 Å². The van der Waals surface area contributed by atoms with Gasteiger partial charge in [-0.25, -0.2) is 4.68 Å². The molecule has 7 nitrogen and oxygen atoms in total. The summed E-state index contributed by atoms with van der Waals surface area (Å²) in [5, 5.41) is 8.82. The number of nitrogens with zero attached hydrogens (tertiary/aromatic N) is 3. The van der Waals surface area contributed by atoms with E-state index >= 15 is 0 Å². The van der Waals surface area contributed by atoms with Crippen LogP contribution in [-0.2, 0) is 4.79 Å². The number of ketones is 1. The molecule has 0 radical (unpaired) electrons. The molecule has 1 unspecified atom stereocenters. The number of halogens is 1. The number of hydrogen-bond acceptors (Lipinski definition) is 6. The second-order valence-electron chi connectivity index (χ2n) is 9.16. The maximum Gasteiger partial charge on any atom is 0.226 e. The van der Waals surface area contributed by atoms with Crippen molar-refractivity contribution in [2.75, 3.05) is 19.5 Å². The van der Waals surface area contributed by atoms with Crippen LogP contribution in [0.15, 0.2) is 53.7 Å².